The molecule has 0 aliphatic rings. The molecule has 0 bridgehead atoms. The van der Waals surface area contributed by atoms with Crippen LogP contribution in [-0.4, -0.2) is 32.6 Å². The van der Waals surface area contributed by atoms with Crippen molar-refractivity contribution in [2.75, 3.05) is 20.7 Å². The molecule has 138 valence electrons. The quantitative estimate of drug-likeness (QED) is 0.181. The molecule has 1 rings (SSSR count). The zero-order valence-corrected chi connectivity index (χ0v) is 18.0. The van der Waals surface area contributed by atoms with Crippen molar-refractivity contribution in [1.82, 2.24) is 10.6 Å². The second-order valence-electron chi connectivity index (χ2n) is 5.31. The molecule has 0 fully saturated rings. The van der Waals surface area contributed by atoms with Gasteiger partial charge < -0.3 is 15.4 Å². The van der Waals surface area contributed by atoms with Crippen LogP contribution in [0.4, 0.5) is 0 Å². The Morgan fingerprint density at radius 3 is 2.50 bits per heavy atom. The summed E-state index contributed by atoms with van der Waals surface area (Å²) >= 11 is 1.84. The van der Waals surface area contributed by atoms with E-state index < -0.39 is 0 Å². The summed E-state index contributed by atoms with van der Waals surface area (Å²) in [5.41, 5.74) is 0. The first-order valence-electron chi connectivity index (χ1n) is 8.28. The van der Waals surface area contributed by atoms with Crippen LogP contribution in [0.25, 0.3) is 0 Å². The minimum atomic E-state index is -0.118. The number of rotatable bonds is 10. The SMILES string of the molecule is CCc1ccc(CNC(=NC)NCCCCCCC(=O)OC)s1.I. The Kier molecular flexibility index (Phi) is 14.0. The molecular formula is C17H30IN3O2S. The van der Waals surface area contributed by atoms with E-state index >= 15 is 0 Å². The van der Waals surface area contributed by atoms with Crippen LogP contribution in [0.5, 0.6) is 0 Å². The average Bonchev–Trinajstić information content (AvgIpc) is 3.04. The summed E-state index contributed by atoms with van der Waals surface area (Å²) in [4.78, 5) is 18.0. The Balaban J connectivity index is 0.00000529. The van der Waals surface area contributed by atoms with Crippen LogP contribution in [-0.2, 0) is 22.5 Å². The van der Waals surface area contributed by atoms with Gasteiger partial charge >= 0.3 is 5.97 Å². The molecule has 0 atom stereocenters. The van der Waals surface area contributed by atoms with E-state index in [1.165, 1.54) is 16.9 Å². The van der Waals surface area contributed by atoms with Gasteiger partial charge in [0, 0.05) is 29.8 Å². The van der Waals surface area contributed by atoms with Crippen molar-refractivity contribution in [3.8, 4) is 0 Å². The Morgan fingerprint density at radius 2 is 1.88 bits per heavy atom. The molecule has 24 heavy (non-hydrogen) atoms. The van der Waals surface area contributed by atoms with E-state index in [0.29, 0.717) is 6.42 Å². The number of aryl methyl sites for hydroxylation is 1. The number of halogens is 1. The molecule has 0 saturated heterocycles. The first-order valence-corrected chi connectivity index (χ1v) is 9.10. The van der Waals surface area contributed by atoms with Crippen molar-refractivity contribution in [1.29, 1.82) is 0 Å². The molecule has 0 aliphatic carbocycles. The zero-order valence-electron chi connectivity index (χ0n) is 14.9. The van der Waals surface area contributed by atoms with Gasteiger partial charge in [0.15, 0.2) is 5.96 Å². The summed E-state index contributed by atoms with van der Waals surface area (Å²) in [6, 6.07) is 4.36. The third kappa shape index (κ3) is 10.1. The number of carbonyl (C=O) groups is 1. The van der Waals surface area contributed by atoms with E-state index in [-0.39, 0.29) is 29.9 Å². The van der Waals surface area contributed by atoms with Crippen molar-refractivity contribution in [3.05, 3.63) is 21.9 Å². The van der Waals surface area contributed by atoms with Gasteiger partial charge in [-0.05, 0) is 31.4 Å². The zero-order chi connectivity index (χ0) is 16.9. The second kappa shape index (κ2) is 14.5. The fraction of sp³-hybridized carbons (Fsp3) is 0.647. The Morgan fingerprint density at radius 1 is 1.17 bits per heavy atom. The van der Waals surface area contributed by atoms with Crippen LogP contribution in [0.2, 0.25) is 0 Å². The van der Waals surface area contributed by atoms with E-state index in [2.05, 4.69) is 39.4 Å². The minimum Gasteiger partial charge on any atom is -0.469 e. The molecule has 1 aromatic heterocycles. The van der Waals surface area contributed by atoms with Crippen molar-refractivity contribution in [3.63, 3.8) is 0 Å². The summed E-state index contributed by atoms with van der Waals surface area (Å²) in [6.45, 7) is 3.88. The topological polar surface area (TPSA) is 62.7 Å². The first kappa shape index (κ1) is 23.2. The number of aliphatic imine (C=N–C) groups is 1. The molecule has 1 heterocycles. The smallest absolute Gasteiger partial charge is 0.305 e. The number of esters is 1. The second-order valence-corrected chi connectivity index (χ2v) is 6.57. The molecular weight excluding hydrogens is 437 g/mol. The number of carbonyl (C=O) groups excluding carboxylic acids is 1. The van der Waals surface area contributed by atoms with Gasteiger partial charge in [-0.3, -0.25) is 9.79 Å². The minimum absolute atomic E-state index is 0. The van der Waals surface area contributed by atoms with Crippen molar-refractivity contribution < 1.29 is 9.53 Å². The number of nitrogens with one attached hydrogen (secondary N) is 2. The normalized spacial score (nSPS) is 10.9. The van der Waals surface area contributed by atoms with Gasteiger partial charge in [-0.25, -0.2) is 0 Å². The molecule has 0 spiro atoms. The maximum atomic E-state index is 11.0. The van der Waals surface area contributed by atoms with Gasteiger partial charge in [-0.15, -0.1) is 35.3 Å². The largest absolute Gasteiger partial charge is 0.469 e. The highest BCUT2D eigenvalue weighted by Gasteiger charge is 2.02. The summed E-state index contributed by atoms with van der Waals surface area (Å²) in [7, 11) is 3.22. The van der Waals surface area contributed by atoms with Crippen LogP contribution in [0, 0.1) is 0 Å². The third-order valence-electron chi connectivity index (χ3n) is 3.55. The molecule has 7 heteroatoms. The highest BCUT2D eigenvalue weighted by Crippen LogP contribution is 2.16. The van der Waals surface area contributed by atoms with E-state index in [1.54, 1.807) is 7.05 Å². The lowest BCUT2D eigenvalue weighted by molar-refractivity contribution is -0.140. The molecule has 2 N–H and O–H groups in total. The molecule has 0 amide bonds. The van der Waals surface area contributed by atoms with Crippen LogP contribution >= 0.6 is 35.3 Å². The molecule has 1 aromatic rings. The Hall–Kier alpha value is -0.830. The molecule has 0 aromatic carbocycles. The number of thiophene rings is 1. The maximum Gasteiger partial charge on any atom is 0.305 e. The third-order valence-corrected chi connectivity index (χ3v) is 4.78. The summed E-state index contributed by atoms with van der Waals surface area (Å²) in [5, 5.41) is 6.66. The van der Waals surface area contributed by atoms with E-state index in [9.17, 15) is 4.79 Å². The predicted molar refractivity (Wildman–Crippen MR) is 112 cm³/mol. The number of methoxy groups -OCH3 is 1. The van der Waals surface area contributed by atoms with Crippen molar-refractivity contribution in [2.45, 2.75) is 52.0 Å². The Bertz CT molecular complexity index is 492. The van der Waals surface area contributed by atoms with E-state index in [0.717, 1.165) is 51.2 Å². The molecule has 5 nitrogen and oxygen atoms in total. The fourth-order valence-electron chi connectivity index (χ4n) is 2.16. The predicted octanol–water partition coefficient (Wildman–Crippen LogP) is 3.72. The number of ether oxygens (including phenoxy) is 1. The van der Waals surface area contributed by atoms with Crippen LogP contribution in [0.15, 0.2) is 17.1 Å². The molecule has 0 aliphatic heterocycles. The van der Waals surface area contributed by atoms with Crippen LogP contribution < -0.4 is 10.6 Å². The summed E-state index contributed by atoms with van der Waals surface area (Å²) < 4.78 is 4.62. The van der Waals surface area contributed by atoms with Gasteiger partial charge in [0.05, 0.1) is 13.7 Å². The lowest BCUT2D eigenvalue weighted by Gasteiger charge is -2.11. The van der Waals surface area contributed by atoms with E-state index in [4.69, 9.17) is 0 Å². The Labute approximate surface area is 166 Å². The molecule has 0 radical (unpaired) electrons. The monoisotopic (exact) mass is 467 g/mol. The van der Waals surface area contributed by atoms with Gasteiger partial charge in [0.25, 0.3) is 0 Å². The maximum absolute atomic E-state index is 11.0. The highest BCUT2D eigenvalue weighted by molar-refractivity contribution is 14.0. The standard InChI is InChI=1S/C17H29N3O2S.HI/c1-4-14-10-11-15(23-14)13-20-17(18-2)19-12-8-6-5-7-9-16(21)22-3;/h10-11H,4-9,12-13H2,1-3H3,(H2,18,19,20);1H. The van der Waals surface area contributed by atoms with Gasteiger partial charge in [0.1, 0.15) is 0 Å². The van der Waals surface area contributed by atoms with Gasteiger partial charge in [0.2, 0.25) is 0 Å². The van der Waals surface area contributed by atoms with Crippen LogP contribution in [0.1, 0.15) is 48.8 Å². The number of guanidine groups is 1. The summed E-state index contributed by atoms with van der Waals surface area (Å²) in [6.07, 6.45) is 5.74. The van der Waals surface area contributed by atoms with Crippen LogP contribution in [0.3, 0.4) is 0 Å². The number of nitrogens with zero attached hydrogens (tertiary/aromatic N) is 1. The highest BCUT2D eigenvalue weighted by atomic mass is 127. The number of hydrogen-bond acceptors (Lipinski definition) is 4. The molecule has 0 saturated carbocycles. The summed E-state index contributed by atoms with van der Waals surface area (Å²) in [5.74, 6) is 0.721. The van der Waals surface area contributed by atoms with Crippen molar-refractivity contribution >= 4 is 47.2 Å². The van der Waals surface area contributed by atoms with Crippen molar-refractivity contribution in [2.24, 2.45) is 4.99 Å². The first-order chi connectivity index (χ1) is 11.2. The number of hydrogen-bond donors (Lipinski definition) is 2. The molecule has 0 unspecified atom stereocenters. The average molecular weight is 467 g/mol. The number of unbranched alkanes of at least 4 members (excludes halogenated alkanes) is 3. The lowest BCUT2D eigenvalue weighted by Crippen LogP contribution is -2.37. The van der Waals surface area contributed by atoms with Gasteiger partial charge in [-0.1, -0.05) is 19.8 Å². The lowest BCUT2D eigenvalue weighted by atomic mass is 10.1. The van der Waals surface area contributed by atoms with Gasteiger partial charge in [-0.2, -0.15) is 0 Å². The fourth-order valence-corrected chi connectivity index (χ4v) is 3.05. The van der Waals surface area contributed by atoms with E-state index in [1.807, 2.05) is 11.3 Å².